The molecule has 0 aliphatic heterocycles. The Morgan fingerprint density at radius 3 is 2.08 bits per heavy atom. The van der Waals surface area contributed by atoms with Crippen molar-refractivity contribution in [3.8, 4) is 0 Å². The first kappa shape index (κ1) is 31.1. The molecule has 206 valence electrons. The molecular formula is C28H34Cl2N2O6. The van der Waals surface area contributed by atoms with Crippen LogP contribution in [0.5, 0.6) is 0 Å². The second-order valence-corrected chi connectivity index (χ2v) is 10.6. The Labute approximate surface area is 233 Å². The Morgan fingerprint density at radius 2 is 1.55 bits per heavy atom. The van der Waals surface area contributed by atoms with Crippen LogP contribution in [-0.2, 0) is 19.1 Å². The molecule has 8 nitrogen and oxygen atoms in total. The van der Waals surface area contributed by atoms with Crippen LogP contribution in [0.2, 0.25) is 10.0 Å². The Balaban J connectivity index is 2.19. The number of esters is 1. The summed E-state index contributed by atoms with van der Waals surface area (Å²) in [5, 5.41) is 6.01. The number of nitrogens with one attached hydrogen (secondary N) is 2. The van der Waals surface area contributed by atoms with Gasteiger partial charge in [-0.1, -0.05) is 42.3 Å². The zero-order valence-corrected chi connectivity index (χ0v) is 23.7. The minimum Gasteiger partial charge on any atom is -0.469 e. The number of carbonyl (C=O) groups excluding carboxylic acids is 4. The molecule has 2 N–H and O–H groups in total. The quantitative estimate of drug-likeness (QED) is 0.323. The normalized spacial score (nSPS) is 12.7. The summed E-state index contributed by atoms with van der Waals surface area (Å²) in [6.45, 7) is 7.32. The highest BCUT2D eigenvalue weighted by Crippen LogP contribution is 2.30. The third-order valence-corrected chi connectivity index (χ3v) is 6.06. The average molecular weight is 565 g/mol. The van der Waals surface area contributed by atoms with E-state index in [-0.39, 0.29) is 37.0 Å². The average Bonchev–Trinajstić information content (AvgIpc) is 2.83. The van der Waals surface area contributed by atoms with Crippen LogP contribution >= 0.6 is 23.2 Å². The van der Waals surface area contributed by atoms with Crippen LogP contribution in [0.1, 0.15) is 80.4 Å². The van der Waals surface area contributed by atoms with Gasteiger partial charge in [0.15, 0.2) is 5.78 Å². The molecule has 2 rings (SSSR count). The van der Waals surface area contributed by atoms with Crippen molar-refractivity contribution >= 4 is 47.0 Å². The molecule has 0 radical (unpaired) electrons. The number of hydrogen-bond acceptors (Lipinski definition) is 6. The highest BCUT2D eigenvalue weighted by atomic mass is 35.5. The summed E-state index contributed by atoms with van der Waals surface area (Å²) in [5.74, 6) is -1.14. The number of ketones is 1. The van der Waals surface area contributed by atoms with E-state index in [1.54, 1.807) is 63.2 Å². The Bertz CT molecular complexity index is 1120. The molecule has 0 spiro atoms. The van der Waals surface area contributed by atoms with Gasteiger partial charge in [0.2, 0.25) is 0 Å². The summed E-state index contributed by atoms with van der Waals surface area (Å²) in [6.07, 6.45) is 0.108. The summed E-state index contributed by atoms with van der Waals surface area (Å²) in [4.78, 5) is 49.7. The monoisotopic (exact) mass is 564 g/mol. The number of rotatable bonds is 11. The van der Waals surface area contributed by atoms with Crippen LogP contribution in [0.25, 0.3) is 0 Å². The van der Waals surface area contributed by atoms with Gasteiger partial charge >= 0.3 is 12.1 Å². The third kappa shape index (κ3) is 9.99. The van der Waals surface area contributed by atoms with Gasteiger partial charge in [0.1, 0.15) is 11.6 Å². The van der Waals surface area contributed by atoms with Gasteiger partial charge in [-0.2, -0.15) is 0 Å². The summed E-state index contributed by atoms with van der Waals surface area (Å²) < 4.78 is 9.93. The van der Waals surface area contributed by atoms with Crippen LogP contribution in [0.15, 0.2) is 42.5 Å². The molecule has 38 heavy (non-hydrogen) atoms. The number of Topliss-reactive ketones (excluding diaryl/α,β-unsaturated/α-hetero) is 1. The molecule has 0 aromatic heterocycles. The van der Waals surface area contributed by atoms with Crippen molar-refractivity contribution in [2.75, 3.05) is 13.7 Å². The minimum absolute atomic E-state index is 0.0800. The molecule has 0 aliphatic rings. The van der Waals surface area contributed by atoms with E-state index in [0.29, 0.717) is 27.6 Å². The predicted octanol–water partition coefficient (Wildman–Crippen LogP) is 6.01. The maximum atomic E-state index is 13.5. The van der Waals surface area contributed by atoms with E-state index >= 15 is 0 Å². The zero-order valence-electron chi connectivity index (χ0n) is 22.2. The van der Waals surface area contributed by atoms with E-state index in [2.05, 4.69) is 15.4 Å². The summed E-state index contributed by atoms with van der Waals surface area (Å²) in [7, 11) is 1.29. The Morgan fingerprint density at radius 1 is 0.947 bits per heavy atom. The predicted molar refractivity (Wildman–Crippen MR) is 147 cm³/mol. The van der Waals surface area contributed by atoms with Crippen molar-refractivity contribution in [2.24, 2.45) is 0 Å². The Kier molecular flexibility index (Phi) is 11.6. The number of ether oxygens (including phenoxy) is 2. The number of amides is 2. The van der Waals surface area contributed by atoms with Crippen LogP contribution < -0.4 is 10.6 Å². The van der Waals surface area contributed by atoms with Gasteiger partial charge in [-0.05, 0) is 74.6 Å². The van der Waals surface area contributed by atoms with Crippen LogP contribution in [0.3, 0.4) is 0 Å². The summed E-state index contributed by atoms with van der Waals surface area (Å²) in [5.41, 5.74) is 1.00. The van der Waals surface area contributed by atoms with E-state index in [1.165, 1.54) is 7.11 Å². The number of halogens is 2. The van der Waals surface area contributed by atoms with E-state index in [4.69, 9.17) is 27.9 Å². The van der Waals surface area contributed by atoms with Gasteiger partial charge in [0, 0.05) is 28.6 Å². The first-order chi connectivity index (χ1) is 17.8. The van der Waals surface area contributed by atoms with E-state index < -0.39 is 23.7 Å². The molecule has 0 saturated heterocycles. The summed E-state index contributed by atoms with van der Waals surface area (Å²) >= 11 is 12.3. The number of carbonyl (C=O) groups is 4. The first-order valence-corrected chi connectivity index (χ1v) is 13.0. The maximum absolute atomic E-state index is 13.5. The molecule has 10 heteroatoms. The lowest BCUT2D eigenvalue weighted by Gasteiger charge is -2.25. The summed E-state index contributed by atoms with van der Waals surface area (Å²) in [6, 6.07) is 10.6. The molecule has 2 aromatic rings. The fourth-order valence-corrected chi connectivity index (χ4v) is 4.31. The maximum Gasteiger partial charge on any atom is 0.408 e. The second kappa shape index (κ2) is 14.2. The van der Waals surface area contributed by atoms with Crippen molar-refractivity contribution in [2.45, 2.75) is 64.5 Å². The largest absolute Gasteiger partial charge is 0.469 e. The standard InChI is InChI=1S/C28H34Cl2N2O6/c1-6-17(18-7-9-19(10-8-18)26(35)31-12-11-24(34)37-5)15-23(33)25(32-27(36)38-28(2,3)4)20-13-21(29)16-22(30)14-20/h7-10,13-14,16-17,25H,6,11-12,15H2,1-5H3,(H,31,35)(H,32,36)/t17-,25?/m0/s1. The molecule has 0 saturated carbocycles. The van der Waals surface area contributed by atoms with Gasteiger partial charge in [-0.15, -0.1) is 0 Å². The highest BCUT2D eigenvalue weighted by Gasteiger charge is 2.28. The van der Waals surface area contributed by atoms with Crippen molar-refractivity contribution in [1.29, 1.82) is 0 Å². The number of hydrogen-bond donors (Lipinski definition) is 2. The van der Waals surface area contributed by atoms with Gasteiger partial charge in [0.05, 0.1) is 13.5 Å². The molecule has 2 amide bonds. The lowest BCUT2D eigenvalue weighted by molar-refractivity contribution is -0.140. The SMILES string of the molecule is CC[C@@H](CC(=O)C(NC(=O)OC(C)(C)C)c1cc(Cl)cc(Cl)c1)c1ccc(C(=O)NCCC(=O)OC)cc1. The lowest BCUT2D eigenvalue weighted by Crippen LogP contribution is -2.38. The van der Waals surface area contributed by atoms with E-state index in [9.17, 15) is 19.2 Å². The van der Waals surface area contributed by atoms with Gasteiger partial charge in [-0.3, -0.25) is 14.4 Å². The number of benzene rings is 2. The van der Waals surface area contributed by atoms with Crippen molar-refractivity contribution < 1.29 is 28.7 Å². The number of alkyl carbamates (subject to hydrolysis) is 1. The van der Waals surface area contributed by atoms with E-state index in [0.717, 1.165) is 5.56 Å². The topological polar surface area (TPSA) is 111 Å². The molecule has 0 fully saturated rings. The minimum atomic E-state index is -1.02. The van der Waals surface area contributed by atoms with Crippen LogP contribution in [-0.4, -0.2) is 43.0 Å². The zero-order chi connectivity index (χ0) is 28.5. The molecule has 0 aliphatic carbocycles. The molecule has 0 heterocycles. The van der Waals surface area contributed by atoms with Crippen molar-refractivity contribution in [1.82, 2.24) is 10.6 Å². The fraction of sp³-hybridized carbons (Fsp3) is 0.429. The first-order valence-electron chi connectivity index (χ1n) is 12.3. The smallest absolute Gasteiger partial charge is 0.408 e. The van der Waals surface area contributed by atoms with Crippen molar-refractivity contribution in [3.63, 3.8) is 0 Å². The van der Waals surface area contributed by atoms with Crippen molar-refractivity contribution in [3.05, 3.63) is 69.2 Å². The lowest BCUT2D eigenvalue weighted by atomic mass is 9.87. The molecule has 0 bridgehead atoms. The van der Waals surface area contributed by atoms with Gasteiger partial charge < -0.3 is 20.1 Å². The third-order valence-electron chi connectivity index (χ3n) is 5.63. The fourth-order valence-electron chi connectivity index (χ4n) is 3.76. The van der Waals surface area contributed by atoms with Gasteiger partial charge in [0.25, 0.3) is 5.91 Å². The van der Waals surface area contributed by atoms with E-state index in [1.807, 2.05) is 6.92 Å². The molecule has 2 aromatic carbocycles. The molecular weight excluding hydrogens is 531 g/mol. The number of methoxy groups -OCH3 is 1. The van der Waals surface area contributed by atoms with Crippen LogP contribution in [0.4, 0.5) is 4.79 Å². The second-order valence-electron chi connectivity index (χ2n) is 9.76. The Hall–Kier alpha value is -3.10. The van der Waals surface area contributed by atoms with Crippen LogP contribution in [0, 0.1) is 0 Å². The molecule has 1 unspecified atom stereocenters. The van der Waals surface area contributed by atoms with Gasteiger partial charge in [-0.25, -0.2) is 4.79 Å². The highest BCUT2D eigenvalue weighted by molar-refractivity contribution is 6.34. The molecule has 2 atom stereocenters.